The highest BCUT2D eigenvalue weighted by atomic mass is 19.1. The van der Waals surface area contributed by atoms with Crippen LogP contribution in [0.3, 0.4) is 0 Å². The molecule has 1 aliphatic rings. The van der Waals surface area contributed by atoms with Gasteiger partial charge in [-0.15, -0.1) is 0 Å². The first-order chi connectivity index (χ1) is 15.8. The standard InChI is InChI=1S/C27H24FNO3/c28-21-6-8-22(9-7-21)32-27-24-11-10-23(31-18-19-4-2-1-3-5-19)16-26(24)29-17-25(27)20-12-14-30-15-13-20/h1-11,16-17,20H,12-15,18H2. The summed E-state index contributed by atoms with van der Waals surface area (Å²) >= 11 is 0. The summed E-state index contributed by atoms with van der Waals surface area (Å²) in [6.45, 7) is 1.95. The lowest BCUT2D eigenvalue weighted by atomic mass is 9.91. The second kappa shape index (κ2) is 9.37. The summed E-state index contributed by atoms with van der Waals surface area (Å²) in [6.07, 6.45) is 3.74. The van der Waals surface area contributed by atoms with E-state index in [-0.39, 0.29) is 5.82 Å². The molecule has 162 valence electrons. The summed E-state index contributed by atoms with van der Waals surface area (Å²) < 4.78 is 31.2. The van der Waals surface area contributed by atoms with Gasteiger partial charge in [0.1, 0.15) is 29.7 Å². The molecule has 4 aromatic rings. The van der Waals surface area contributed by atoms with Crippen molar-refractivity contribution in [2.24, 2.45) is 0 Å². The van der Waals surface area contributed by atoms with E-state index in [2.05, 4.69) is 0 Å². The Morgan fingerprint density at radius 1 is 0.906 bits per heavy atom. The van der Waals surface area contributed by atoms with Crippen molar-refractivity contribution in [1.29, 1.82) is 0 Å². The van der Waals surface area contributed by atoms with Crippen LogP contribution in [0, 0.1) is 5.82 Å². The minimum Gasteiger partial charge on any atom is -0.489 e. The molecule has 4 nitrogen and oxygen atoms in total. The fourth-order valence-electron chi connectivity index (χ4n) is 4.03. The van der Waals surface area contributed by atoms with Crippen LogP contribution >= 0.6 is 0 Å². The molecule has 1 fully saturated rings. The van der Waals surface area contributed by atoms with Gasteiger partial charge in [0.25, 0.3) is 0 Å². The SMILES string of the molecule is Fc1ccc(Oc2c(C3CCOCC3)cnc3cc(OCc4ccccc4)ccc23)cc1. The molecule has 0 radical (unpaired) electrons. The summed E-state index contributed by atoms with van der Waals surface area (Å²) in [5, 5.41) is 0.908. The third kappa shape index (κ3) is 4.58. The molecule has 32 heavy (non-hydrogen) atoms. The first-order valence-corrected chi connectivity index (χ1v) is 10.9. The zero-order valence-electron chi connectivity index (χ0n) is 17.7. The van der Waals surface area contributed by atoms with Gasteiger partial charge in [-0.1, -0.05) is 30.3 Å². The van der Waals surface area contributed by atoms with Crippen molar-refractivity contribution in [3.63, 3.8) is 0 Å². The van der Waals surface area contributed by atoms with Crippen LogP contribution in [0.2, 0.25) is 0 Å². The van der Waals surface area contributed by atoms with Gasteiger partial charge in [0.15, 0.2) is 0 Å². The third-order valence-electron chi connectivity index (χ3n) is 5.76. The molecule has 0 spiro atoms. The van der Waals surface area contributed by atoms with Crippen molar-refractivity contribution < 1.29 is 18.6 Å². The van der Waals surface area contributed by atoms with Gasteiger partial charge in [0, 0.05) is 36.4 Å². The van der Waals surface area contributed by atoms with Gasteiger partial charge in [0.05, 0.1) is 5.52 Å². The van der Waals surface area contributed by atoms with Crippen LogP contribution in [-0.2, 0) is 11.3 Å². The molecular formula is C27H24FNO3. The first-order valence-electron chi connectivity index (χ1n) is 10.9. The lowest BCUT2D eigenvalue weighted by Gasteiger charge is -2.25. The molecule has 5 heteroatoms. The predicted octanol–water partition coefficient (Wildman–Crippen LogP) is 6.64. The van der Waals surface area contributed by atoms with Crippen molar-refractivity contribution in [3.05, 3.63) is 95.9 Å². The first kappa shape index (κ1) is 20.5. The van der Waals surface area contributed by atoms with Gasteiger partial charge in [-0.2, -0.15) is 0 Å². The maximum Gasteiger partial charge on any atom is 0.141 e. The van der Waals surface area contributed by atoms with E-state index in [1.54, 1.807) is 12.1 Å². The molecule has 5 rings (SSSR count). The van der Waals surface area contributed by atoms with Gasteiger partial charge in [-0.25, -0.2) is 4.39 Å². The number of aromatic nitrogens is 1. The monoisotopic (exact) mass is 429 g/mol. The number of nitrogens with zero attached hydrogens (tertiary/aromatic N) is 1. The topological polar surface area (TPSA) is 40.6 Å². The highest BCUT2D eigenvalue weighted by molar-refractivity contribution is 5.87. The predicted molar refractivity (Wildman–Crippen MR) is 122 cm³/mol. The summed E-state index contributed by atoms with van der Waals surface area (Å²) in [6, 6.07) is 22.0. The normalized spacial score (nSPS) is 14.4. The second-order valence-corrected chi connectivity index (χ2v) is 7.94. The molecule has 1 aliphatic heterocycles. The van der Waals surface area contributed by atoms with Crippen LogP contribution in [0.5, 0.6) is 17.2 Å². The van der Waals surface area contributed by atoms with Crippen molar-refractivity contribution >= 4 is 10.9 Å². The van der Waals surface area contributed by atoms with E-state index in [1.807, 2.05) is 54.7 Å². The molecule has 1 aromatic heterocycles. The Labute approximate surface area is 186 Å². The van der Waals surface area contributed by atoms with Crippen LogP contribution in [0.4, 0.5) is 4.39 Å². The number of hydrogen-bond acceptors (Lipinski definition) is 4. The van der Waals surface area contributed by atoms with E-state index in [4.69, 9.17) is 19.2 Å². The third-order valence-corrected chi connectivity index (χ3v) is 5.76. The Bertz CT molecular complexity index is 1190. The van der Waals surface area contributed by atoms with Gasteiger partial charge < -0.3 is 14.2 Å². The van der Waals surface area contributed by atoms with Crippen molar-refractivity contribution in [2.45, 2.75) is 25.4 Å². The average molecular weight is 429 g/mol. The van der Waals surface area contributed by atoms with Gasteiger partial charge in [0.2, 0.25) is 0 Å². The highest BCUT2D eigenvalue weighted by Crippen LogP contribution is 2.40. The summed E-state index contributed by atoms with van der Waals surface area (Å²) in [7, 11) is 0. The number of halogens is 1. The Balaban J connectivity index is 1.49. The number of hydrogen-bond donors (Lipinski definition) is 0. The Morgan fingerprint density at radius 3 is 2.44 bits per heavy atom. The lowest BCUT2D eigenvalue weighted by molar-refractivity contribution is 0.0849. The minimum atomic E-state index is -0.290. The molecular weight excluding hydrogens is 405 g/mol. The molecule has 0 N–H and O–H groups in total. The summed E-state index contributed by atoms with van der Waals surface area (Å²) in [4.78, 5) is 4.73. The Kier molecular flexibility index (Phi) is 5.99. The second-order valence-electron chi connectivity index (χ2n) is 7.94. The molecule has 2 heterocycles. The van der Waals surface area contributed by atoms with Crippen LogP contribution in [0.25, 0.3) is 10.9 Å². The molecule has 0 saturated carbocycles. The quantitative estimate of drug-likeness (QED) is 0.344. The molecule has 0 unspecified atom stereocenters. The number of ether oxygens (including phenoxy) is 3. The van der Waals surface area contributed by atoms with Crippen molar-refractivity contribution in [2.75, 3.05) is 13.2 Å². The van der Waals surface area contributed by atoms with E-state index in [0.717, 1.165) is 59.6 Å². The smallest absolute Gasteiger partial charge is 0.141 e. The van der Waals surface area contributed by atoms with Crippen molar-refractivity contribution in [3.8, 4) is 17.2 Å². The average Bonchev–Trinajstić information content (AvgIpc) is 2.85. The van der Waals surface area contributed by atoms with Gasteiger partial charge in [-0.3, -0.25) is 4.98 Å². The Morgan fingerprint density at radius 2 is 1.66 bits per heavy atom. The van der Waals surface area contributed by atoms with Gasteiger partial charge in [-0.05, 0) is 60.7 Å². The molecule has 0 bridgehead atoms. The molecule has 0 amide bonds. The fraction of sp³-hybridized carbons (Fsp3) is 0.222. The zero-order valence-corrected chi connectivity index (χ0v) is 17.7. The number of benzene rings is 3. The van der Waals surface area contributed by atoms with Crippen LogP contribution in [0.1, 0.15) is 29.9 Å². The largest absolute Gasteiger partial charge is 0.489 e. The van der Waals surface area contributed by atoms with E-state index in [9.17, 15) is 4.39 Å². The molecule has 0 atom stereocenters. The van der Waals surface area contributed by atoms with E-state index in [0.29, 0.717) is 18.3 Å². The number of rotatable bonds is 6. The summed E-state index contributed by atoms with van der Waals surface area (Å²) in [5.41, 5.74) is 2.96. The highest BCUT2D eigenvalue weighted by Gasteiger charge is 2.23. The molecule has 0 aliphatic carbocycles. The molecule has 1 saturated heterocycles. The van der Waals surface area contributed by atoms with Crippen molar-refractivity contribution in [1.82, 2.24) is 4.98 Å². The number of pyridine rings is 1. The Hall–Kier alpha value is -3.44. The van der Waals surface area contributed by atoms with E-state index >= 15 is 0 Å². The van der Waals surface area contributed by atoms with Crippen LogP contribution in [0.15, 0.2) is 79.0 Å². The zero-order chi connectivity index (χ0) is 21.8. The van der Waals surface area contributed by atoms with Crippen LogP contribution in [-0.4, -0.2) is 18.2 Å². The molecule has 3 aromatic carbocycles. The minimum absolute atomic E-state index is 0.290. The maximum atomic E-state index is 13.4. The number of fused-ring (bicyclic) bond motifs is 1. The fourth-order valence-corrected chi connectivity index (χ4v) is 4.03. The van der Waals surface area contributed by atoms with Gasteiger partial charge >= 0.3 is 0 Å². The summed E-state index contributed by atoms with van der Waals surface area (Å²) in [5.74, 6) is 2.13. The maximum absolute atomic E-state index is 13.4. The van der Waals surface area contributed by atoms with Crippen LogP contribution < -0.4 is 9.47 Å². The van der Waals surface area contributed by atoms with E-state index < -0.39 is 0 Å². The van der Waals surface area contributed by atoms with E-state index in [1.165, 1.54) is 12.1 Å². The lowest BCUT2D eigenvalue weighted by Crippen LogP contribution is -2.15.